The molecule has 0 aliphatic heterocycles. The molecule has 0 saturated carbocycles. The van der Waals surface area contributed by atoms with E-state index in [1.54, 1.807) is 0 Å². The van der Waals surface area contributed by atoms with Gasteiger partial charge in [-0.1, -0.05) is 52.0 Å². The molecule has 0 aromatic heterocycles. The second kappa shape index (κ2) is 4.80. The van der Waals surface area contributed by atoms with Crippen molar-refractivity contribution < 1.29 is 5.11 Å². The van der Waals surface area contributed by atoms with Crippen molar-refractivity contribution in [3.8, 4) is 0 Å². The summed E-state index contributed by atoms with van der Waals surface area (Å²) in [6, 6.07) is 8.36. The Labute approximate surface area is 93.1 Å². The lowest BCUT2D eigenvalue weighted by Crippen LogP contribution is -2.15. The van der Waals surface area contributed by atoms with Crippen molar-refractivity contribution in [2.24, 2.45) is 0 Å². The maximum Gasteiger partial charge on any atom is 0.0787 e. The Bertz CT molecular complexity index is 298. The van der Waals surface area contributed by atoms with Crippen LogP contribution >= 0.6 is 0 Å². The molecule has 1 aromatic rings. The van der Waals surface area contributed by atoms with Crippen molar-refractivity contribution in [2.75, 3.05) is 0 Å². The first-order chi connectivity index (χ1) is 7.01. The smallest absolute Gasteiger partial charge is 0.0787 e. The Morgan fingerprint density at radius 1 is 1.13 bits per heavy atom. The average molecular weight is 206 g/mol. The van der Waals surface area contributed by atoms with E-state index in [2.05, 4.69) is 32.9 Å². The molecule has 1 N–H and O–H groups in total. The molecule has 0 saturated heterocycles. The SMILES string of the molecule is CCC(O)c1ccc(C(C)(C)CC)cc1. The highest BCUT2D eigenvalue weighted by molar-refractivity contribution is 5.29. The summed E-state index contributed by atoms with van der Waals surface area (Å²) in [6.07, 6.45) is 1.59. The second-order valence-electron chi connectivity index (χ2n) is 4.78. The van der Waals surface area contributed by atoms with Crippen molar-refractivity contribution in [3.63, 3.8) is 0 Å². The van der Waals surface area contributed by atoms with Crippen LogP contribution in [0.25, 0.3) is 0 Å². The Kier molecular flexibility index (Phi) is 3.92. The van der Waals surface area contributed by atoms with Crippen molar-refractivity contribution in [1.82, 2.24) is 0 Å². The standard InChI is InChI=1S/C14H22O/c1-5-13(15)11-7-9-12(10-8-11)14(3,4)6-2/h7-10,13,15H,5-6H2,1-4H3. The van der Waals surface area contributed by atoms with E-state index in [0.29, 0.717) is 0 Å². The predicted molar refractivity (Wildman–Crippen MR) is 65.0 cm³/mol. The fourth-order valence-electron chi connectivity index (χ4n) is 1.60. The van der Waals surface area contributed by atoms with Gasteiger partial charge in [0.15, 0.2) is 0 Å². The molecule has 0 aliphatic carbocycles. The van der Waals surface area contributed by atoms with Crippen LogP contribution < -0.4 is 0 Å². The van der Waals surface area contributed by atoms with Crippen LogP contribution in [0.5, 0.6) is 0 Å². The third-order valence-corrected chi connectivity index (χ3v) is 3.35. The van der Waals surface area contributed by atoms with Gasteiger partial charge in [-0.3, -0.25) is 0 Å². The van der Waals surface area contributed by atoms with E-state index in [1.165, 1.54) is 5.56 Å². The van der Waals surface area contributed by atoms with Crippen molar-refractivity contribution in [2.45, 2.75) is 52.1 Å². The van der Waals surface area contributed by atoms with Crippen LogP contribution in [0.1, 0.15) is 57.8 Å². The van der Waals surface area contributed by atoms with Gasteiger partial charge in [-0.15, -0.1) is 0 Å². The fourth-order valence-corrected chi connectivity index (χ4v) is 1.60. The molecule has 15 heavy (non-hydrogen) atoms. The Morgan fingerprint density at radius 2 is 1.67 bits per heavy atom. The summed E-state index contributed by atoms with van der Waals surface area (Å²) in [4.78, 5) is 0. The number of benzene rings is 1. The van der Waals surface area contributed by atoms with E-state index >= 15 is 0 Å². The van der Waals surface area contributed by atoms with Crippen LogP contribution in [0, 0.1) is 0 Å². The number of hydrogen-bond acceptors (Lipinski definition) is 1. The minimum absolute atomic E-state index is 0.232. The zero-order valence-electron chi connectivity index (χ0n) is 10.2. The Morgan fingerprint density at radius 3 is 2.07 bits per heavy atom. The molecule has 0 amide bonds. The normalized spacial score (nSPS) is 13.9. The van der Waals surface area contributed by atoms with Crippen LogP contribution in [0.15, 0.2) is 24.3 Å². The van der Waals surface area contributed by atoms with Gasteiger partial charge < -0.3 is 5.11 Å². The first kappa shape index (κ1) is 12.3. The zero-order valence-corrected chi connectivity index (χ0v) is 10.2. The fraction of sp³-hybridized carbons (Fsp3) is 0.571. The molecule has 1 unspecified atom stereocenters. The highest BCUT2D eigenvalue weighted by Gasteiger charge is 2.17. The van der Waals surface area contributed by atoms with Crippen LogP contribution in [-0.2, 0) is 5.41 Å². The minimum atomic E-state index is -0.316. The summed E-state index contributed by atoms with van der Waals surface area (Å²) in [5.74, 6) is 0. The summed E-state index contributed by atoms with van der Waals surface area (Å²) in [5, 5.41) is 9.68. The van der Waals surface area contributed by atoms with Gasteiger partial charge in [-0.25, -0.2) is 0 Å². The molecular weight excluding hydrogens is 184 g/mol. The highest BCUT2D eigenvalue weighted by atomic mass is 16.3. The molecule has 0 aliphatic rings. The molecular formula is C14H22O. The zero-order chi connectivity index (χ0) is 11.5. The summed E-state index contributed by atoms with van der Waals surface area (Å²) >= 11 is 0. The van der Waals surface area contributed by atoms with Gasteiger partial charge in [0.05, 0.1) is 6.10 Å². The van der Waals surface area contributed by atoms with Gasteiger partial charge in [0.2, 0.25) is 0 Å². The quantitative estimate of drug-likeness (QED) is 0.794. The number of hydrogen-bond donors (Lipinski definition) is 1. The lowest BCUT2D eigenvalue weighted by atomic mass is 9.82. The monoisotopic (exact) mass is 206 g/mol. The van der Waals surface area contributed by atoms with Crippen molar-refractivity contribution in [3.05, 3.63) is 35.4 Å². The molecule has 1 nitrogen and oxygen atoms in total. The maximum absolute atomic E-state index is 9.68. The van der Waals surface area contributed by atoms with Gasteiger partial charge in [-0.2, -0.15) is 0 Å². The molecule has 1 aromatic carbocycles. The number of aliphatic hydroxyl groups is 1. The highest BCUT2D eigenvalue weighted by Crippen LogP contribution is 2.28. The summed E-state index contributed by atoms with van der Waals surface area (Å²) in [7, 11) is 0. The van der Waals surface area contributed by atoms with Gasteiger partial charge in [0.1, 0.15) is 0 Å². The molecule has 0 radical (unpaired) electrons. The largest absolute Gasteiger partial charge is 0.388 e. The topological polar surface area (TPSA) is 20.2 Å². The van der Waals surface area contributed by atoms with Crippen LogP contribution in [0.4, 0.5) is 0 Å². The second-order valence-corrected chi connectivity index (χ2v) is 4.78. The summed E-state index contributed by atoms with van der Waals surface area (Å²) in [6.45, 7) is 8.69. The Hall–Kier alpha value is -0.820. The molecule has 1 heteroatoms. The van der Waals surface area contributed by atoms with Gasteiger partial charge >= 0.3 is 0 Å². The summed E-state index contributed by atoms with van der Waals surface area (Å²) < 4.78 is 0. The number of rotatable bonds is 4. The van der Waals surface area contributed by atoms with Gasteiger partial charge in [0, 0.05) is 0 Å². The lowest BCUT2D eigenvalue weighted by Gasteiger charge is -2.23. The molecule has 84 valence electrons. The van der Waals surface area contributed by atoms with Crippen LogP contribution in [0.3, 0.4) is 0 Å². The molecule has 0 heterocycles. The summed E-state index contributed by atoms with van der Waals surface area (Å²) in [5.41, 5.74) is 2.60. The van der Waals surface area contributed by atoms with E-state index in [1.807, 2.05) is 19.1 Å². The van der Waals surface area contributed by atoms with E-state index < -0.39 is 0 Å². The molecule has 1 atom stereocenters. The van der Waals surface area contributed by atoms with E-state index in [0.717, 1.165) is 18.4 Å². The van der Waals surface area contributed by atoms with Crippen LogP contribution in [0.2, 0.25) is 0 Å². The van der Waals surface area contributed by atoms with Crippen molar-refractivity contribution in [1.29, 1.82) is 0 Å². The van der Waals surface area contributed by atoms with E-state index in [9.17, 15) is 5.11 Å². The first-order valence-corrected chi connectivity index (χ1v) is 5.79. The van der Waals surface area contributed by atoms with E-state index in [-0.39, 0.29) is 11.5 Å². The predicted octanol–water partition coefficient (Wildman–Crippen LogP) is 3.82. The molecule has 1 rings (SSSR count). The Balaban J connectivity index is 2.90. The first-order valence-electron chi connectivity index (χ1n) is 5.79. The van der Waals surface area contributed by atoms with Gasteiger partial charge in [0.25, 0.3) is 0 Å². The molecule has 0 bridgehead atoms. The maximum atomic E-state index is 9.68. The number of aliphatic hydroxyl groups excluding tert-OH is 1. The van der Waals surface area contributed by atoms with Crippen molar-refractivity contribution >= 4 is 0 Å². The third kappa shape index (κ3) is 2.82. The van der Waals surface area contributed by atoms with Crippen LogP contribution in [-0.4, -0.2) is 5.11 Å². The molecule has 0 spiro atoms. The average Bonchev–Trinajstić information content (AvgIpc) is 2.28. The van der Waals surface area contributed by atoms with Gasteiger partial charge in [-0.05, 0) is 29.4 Å². The minimum Gasteiger partial charge on any atom is -0.388 e. The third-order valence-electron chi connectivity index (χ3n) is 3.35. The molecule has 0 fully saturated rings. The lowest BCUT2D eigenvalue weighted by molar-refractivity contribution is 0.173. The van der Waals surface area contributed by atoms with E-state index in [4.69, 9.17) is 0 Å².